The van der Waals surface area contributed by atoms with Gasteiger partial charge in [-0.15, -0.1) is 0 Å². The number of unbranched alkanes of at least 4 members (excludes halogenated alkanes) is 4. The molecule has 2 nitrogen and oxygen atoms in total. The third-order valence-corrected chi connectivity index (χ3v) is 4.29. The van der Waals surface area contributed by atoms with E-state index < -0.39 is 6.10 Å². The van der Waals surface area contributed by atoms with Crippen molar-refractivity contribution in [3.63, 3.8) is 0 Å². The Morgan fingerprint density at radius 3 is 2.22 bits per heavy atom. The molecule has 0 amide bonds. The molecule has 1 N–H and O–H groups in total. The lowest BCUT2D eigenvalue weighted by molar-refractivity contribution is -0.122. The topological polar surface area (TPSA) is 37.3 Å². The highest BCUT2D eigenvalue weighted by atomic mass is 16.3. The van der Waals surface area contributed by atoms with Gasteiger partial charge in [0, 0.05) is 5.92 Å². The minimum atomic E-state index is -0.508. The van der Waals surface area contributed by atoms with E-state index in [1.54, 1.807) is 6.08 Å². The van der Waals surface area contributed by atoms with Crippen LogP contribution in [0.15, 0.2) is 36.4 Å². The summed E-state index contributed by atoms with van der Waals surface area (Å²) >= 11 is 0. The molecule has 0 aromatic heterocycles. The molecule has 0 fully saturated rings. The second-order valence-electron chi connectivity index (χ2n) is 6.31. The maximum atomic E-state index is 12.5. The Bertz CT molecular complexity index is 450. The van der Waals surface area contributed by atoms with Crippen LogP contribution in [0.25, 0.3) is 6.08 Å². The molecule has 0 saturated carbocycles. The lowest BCUT2D eigenvalue weighted by Crippen LogP contribution is -2.27. The minimum Gasteiger partial charge on any atom is -0.392 e. The SMILES string of the molecule is CCCCCC(O)C(CCCCC)C(=O)/C=C/c1ccccc1. The zero-order valence-corrected chi connectivity index (χ0v) is 14.7. The molecule has 1 aromatic rings. The van der Waals surface area contributed by atoms with Crippen LogP contribution < -0.4 is 0 Å². The summed E-state index contributed by atoms with van der Waals surface area (Å²) in [6, 6.07) is 9.84. The largest absolute Gasteiger partial charge is 0.392 e. The van der Waals surface area contributed by atoms with Gasteiger partial charge in [-0.1, -0.05) is 88.8 Å². The van der Waals surface area contributed by atoms with E-state index in [0.29, 0.717) is 0 Å². The van der Waals surface area contributed by atoms with E-state index >= 15 is 0 Å². The van der Waals surface area contributed by atoms with Crippen LogP contribution in [0, 0.1) is 5.92 Å². The van der Waals surface area contributed by atoms with Gasteiger partial charge in [-0.25, -0.2) is 0 Å². The molecule has 2 unspecified atom stereocenters. The Morgan fingerprint density at radius 1 is 1.00 bits per heavy atom. The maximum absolute atomic E-state index is 12.5. The van der Waals surface area contributed by atoms with Gasteiger partial charge in [-0.3, -0.25) is 4.79 Å². The lowest BCUT2D eigenvalue weighted by Gasteiger charge is -2.20. The Hall–Kier alpha value is -1.41. The van der Waals surface area contributed by atoms with Gasteiger partial charge in [0.15, 0.2) is 5.78 Å². The molecule has 23 heavy (non-hydrogen) atoms. The lowest BCUT2D eigenvalue weighted by atomic mass is 9.88. The summed E-state index contributed by atoms with van der Waals surface area (Å²) in [6.07, 6.45) is 11.0. The van der Waals surface area contributed by atoms with Gasteiger partial charge in [-0.05, 0) is 24.5 Å². The molecule has 0 bridgehead atoms. The summed E-state index contributed by atoms with van der Waals surface area (Å²) in [5, 5.41) is 10.4. The quantitative estimate of drug-likeness (QED) is 0.414. The molecule has 1 rings (SSSR count). The van der Waals surface area contributed by atoms with Gasteiger partial charge < -0.3 is 5.11 Å². The molecule has 2 heteroatoms. The molecule has 0 aliphatic rings. The van der Waals surface area contributed by atoms with Crippen molar-refractivity contribution < 1.29 is 9.90 Å². The van der Waals surface area contributed by atoms with Gasteiger partial charge in [0.2, 0.25) is 0 Å². The van der Waals surface area contributed by atoms with E-state index in [9.17, 15) is 9.90 Å². The van der Waals surface area contributed by atoms with Crippen molar-refractivity contribution in [1.29, 1.82) is 0 Å². The predicted molar refractivity (Wildman–Crippen MR) is 98.3 cm³/mol. The Labute approximate surface area is 141 Å². The van der Waals surface area contributed by atoms with E-state index in [-0.39, 0.29) is 11.7 Å². The van der Waals surface area contributed by atoms with E-state index in [2.05, 4.69) is 13.8 Å². The second-order valence-corrected chi connectivity index (χ2v) is 6.31. The number of benzene rings is 1. The van der Waals surface area contributed by atoms with Crippen molar-refractivity contribution in [1.82, 2.24) is 0 Å². The molecular weight excluding hydrogens is 284 g/mol. The zero-order valence-electron chi connectivity index (χ0n) is 14.7. The molecular formula is C21H32O2. The third kappa shape index (κ3) is 8.13. The monoisotopic (exact) mass is 316 g/mol. The maximum Gasteiger partial charge on any atom is 0.161 e. The third-order valence-electron chi connectivity index (χ3n) is 4.29. The van der Waals surface area contributed by atoms with Crippen LogP contribution in [-0.2, 0) is 4.79 Å². The van der Waals surface area contributed by atoms with Crippen molar-refractivity contribution >= 4 is 11.9 Å². The standard InChI is InChI=1S/C21H32O2/c1-3-5-8-14-19(20(22)15-9-6-4-2)21(23)17-16-18-12-10-7-11-13-18/h7,10-13,16-17,19-20,22H,3-6,8-9,14-15H2,1-2H3/b17-16+. The highest BCUT2D eigenvalue weighted by molar-refractivity contribution is 5.95. The fourth-order valence-electron chi connectivity index (χ4n) is 2.81. The Balaban J connectivity index is 2.64. The molecule has 0 saturated heterocycles. The van der Waals surface area contributed by atoms with Gasteiger partial charge >= 0.3 is 0 Å². The number of aliphatic hydroxyl groups excluding tert-OH is 1. The van der Waals surface area contributed by atoms with Gasteiger partial charge in [0.25, 0.3) is 0 Å². The molecule has 1 aromatic carbocycles. The van der Waals surface area contributed by atoms with Crippen molar-refractivity contribution in [3.8, 4) is 0 Å². The average molecular weight is 316 g/mol. The first-order valence-electron chi connectivity index (χ1n) is 9.14. The van der Waals surface area contributed by atoms with Crippen LogP contribution in [0.4, 0.5) is 0 Å². The molecule has 2 atom stereocenters. The van der Waals surface area contributed by atoms with Crippen LogP contribution in [-0.4, -0.2) is 17.0 Å². The van der Waals surface area contributed by atoms with Gasteiger partial charge in [-0.2, -0.15) is 0 Å². The van der Waals surface area contributed by atoms with E-state index in [1.165, 1.54) is 0 Å². The number of hydrogen-bond acceptors (Lipinski definition) is 2. The van der Waals surface area contributed by atoms with Crippen LogP contribution >= 0.6 is 0 Å². The van der Waals surface area contributed by atoms with Gasteiger partial charge in [0.05, 0.1) is 6.10 Å². The molecule has 0 heterocycles. The zero-order chi connectivity index (χ0) is 16.9. The Kier molecular flexibility index (Phi) is 10.3. The number of carbonyl (C=O) groups is 1. The number of ketones is 1. The first-order valence-corrected chi connectivity index (χ1v) is 9.14. The number of hydrogen-bond donors (Lipinski definition) is 1. The summed E-state index contributed by atoms with van der Waals surface area (Å²) in [7, 11) is 0. The molecule has 128 valence electrons. The predicted octanol–water partition coefficient (Wildman–Crippen LogP) is 5.41. The highest BCUT2D eigenvalue weighted by Gasteiger charge is 2.24. The van der Waals surface area contributed by atoms with Crippen LogP contribution in [0.5, 0.6) is 0 Å². The van der Waals surface area contributed by atoms with Crippen molar-refractivity contribution in [2.24, 2.45) is 5.92 Å². The molecule has 0 aliphatic heterocycles. The van der Waals surface area contributed by atoms with Crippen LogP contribution in [0.3, 0.4) is 0 Å². The molecule has 0 aliphatic carbocycles. The van der Waals surface area contributed by atoms with E-state index in [0.717, 1.165) is 56.9 Å². The van der Waals surface area contributed by atoms with Crippen molar-refractivity contribution in [2.75, 3.05) is 0 Å². The molecule has 0 spiro atoms. The number of allylic oxidation sites excluding steroid dienone is 1. The van der Waals surface area contributed by atoms with Crippen molar-refractivity contribution in [3.05, 3.63) is 42.0 Å². The molecule has 0 radical (unpaired) electrons. The number of carbonyl (C=O) groups excluding carboxylic acids is 1. The average Bonchev–Trinajstić information content (AvgIpc) is 2.57. The normalized spacial score (nSPS) is 14.0. The number of aliphatic hydroxyl groups is 1. The smallest absolute Gasteiger partial charge is 0.161 e. The fourth-order valence-corrected chi connectivity index (χ4v) is 2.81. The first kappa shape index (κ1) is 19.6. The number of rotatable bonds is 12. The van der Waals surface area contributed by atoms with E-state index in [4.69, 9.17) is 0 Å². The summed E-state index contributed by atoms with van der Waals surface area (Å²) in [5.74, 6) is -0.188. The first-order chi connectivity index (χ1) is 11.2. The highest BCUT2D eigenvalue weighted by Crippen LogP contribution is 2.21. The summed E-state index contributed by atoms with van der Waals surface area (Å²) in [6.45, 7) is 4.31. The Morgan fingerprint density at radius 2 is 1.61 bits per heavy atom. The summed E-state index contributed by atoms with van der Waals surface area (Å²) in [4.78, 5) is 12.5. The summed E-state index contributed by atoms with van der Waals surface area (Å²) in [5.41, 5.74) is 1.02. The van der Waals surface area contributed by atoms with Gasteiger partial charge in [0.1, 0.15) is 0 Å². The minimum absolute atomic E-state index is 0.0638. The fraction of sp³-hybridized carbons (Fsp3) is 0.571. The van der Waals surface area contributed by atoms with Crippen molar-refractivity contribution in [2.45, 2.75) is 71.3 Å². The van der Waals surface area contributed by atoms with Crippen LogP contribution in [0.1, 0.15) is 70.8 Å². The summed E-state index contributed by atoms with van der Waals surface area (Å²) < 4.78 is 0. The second kappa shape index (κ2) is 12.1. The van der Waals surface area contributed by atoms with E-state index in [1.807, 2.05) is 36.4 Å². The van der Waals surface area contributed by atoms with Crippen LogP contribution in [0.2, 0.25) is 0 Å².